The third-order valence-corrected chi connectivity index (χ3v) is 2.81. The van der Waals surface area contributed by atoms with Crippen molar-refractivity contribution in [3.63, 3.8) is 0 Å². The molecule has 0 spiro atoms. The van der Waals surface area contributed by atoms with Crippen molar-refractivity contribution in [1.29, 1.82) is 0 Å². The van der Waals surface area contributed by atoms with Gasteiger partial charge in [-0.15, -0.1) is 0 Å². The van der Waals surface area contributed by atoms with E-state index in [0.29, 0.717) is 0 Å². The van der Waals surface area contributed by atoms with E-state index in [-0.39, 0.29) is 10.6 Å². The summed E-state index contributed by atoms with van der Waals surface area (Å²) in [5, 5.41) is 10.5. The van der Waals surface area contributed by atoms with Crippen LogP contribution in [0.2, 0.25) is 0 Å². The predicted octanol–water partition coefficient (Wildman–Crippen LogP) is 3.72. The van der Waals surface area contributed by atoms with Gasteiger partial charge in [0, 0.05) is 12.1 Å². The van der Waals surface area contributed by atoms with E-state index >= 15 is 0 Å². The lowest BCUT2D eigenvalue weighted by atomic mass is 9.94. The fourth-order valence-corrected chi connectivity index (χ4v) is 1.78. The molecule has 0 fully saturated rings. The maximum atomic E-state index is 10.5. The number of allylic oxidation sites excluding steroid dienone is 4. The fourth-order valence-electron chi connectivity index (χ4n) is 1.78. The molecule has 0 amide bonds. The molecule has 0 unspecified atom stereocenters. The number of rotatable bonds is 2. The second-order valence-corrected chi connectivity index (χ2v) is 4.01. The molecule has 0 atom stereocenters. The third-order valence-electron chi connectivity index (χ3n) is 2.81. The molecule has 1 aliphatic rings. The molecule has 1 aromatic carbocycles. The SMILES string of the molecule is CC1=CC=C(c2ccc([N+](=O)[O-])cc2)CC1. The highest BCUT2D eigenvalue weighted by Gasteiger charge is 2.08. The van der Waals surface area contributed by atoms with Crippen LogP contribution in [0.3, 0.4) is 0 Å². The van der Waals surface area contributed by atoms with E-state index in [1.54, 1.807) is 12.1 Å². The van der Waals surface area contributed by atoms with Crippen LogP contribution < -0.4 is 0 Å². The number of non-ortho nitro benzene ring substituents is 1. The average Bonchev–Trinajstić information content (AvgIpc) is 2.30. The molecule has 16 heavy (non-hydrogen) atoms. The number of nitrogens with zero attached hydrogens (tertiary/aromatic N) is 1. The smallest absolute Gasteiger partial charge is 0.258 e. The predicted molar refractivity (Wildman–Crippen MR) is 64.1 cm³/mol. The summed E-state index contributed by atoms with van der Waals surface area (Å²) in [6.45, 7) is 2.11. The molecule has 3 nitrogen and oxygen atoms in total. The first-order chi connectivity index (χ1) is 7.66. The number of nitro benzene ring substituents is 1. The van der Waals surface area contributed by atoms with Crippen LogP contribution in [0.1, 0.15) is 25.3 Å². The zero-order chi connectivity index (χ0) is 11.5. The maximum Gasteiger partial charge on any atom is 0.269 e. The molecule has 0 radical (unpaired) electrons. The van der Waals surface area contributed by atoms with Gasteiger partial charge >= 0.3 is 0 Å². The molecule has 0 heterocycles. The molecule has 3 heteroatoms. The highest BCUT2D eigenvalue weighted by Crippen LogP contribution is 2.27. The van der Waals surface area contributed by atoms with Crippen molar-refractivity contribution in [1.82, 2.24) is 0 Å². The van der Waals surface area contributed by atoms with Crippen molar-refractivity contribution in [3.8, 4) is 0 Å². The Hall–Kier alpha value is -1.90. The van der Waals surface area contributed by atoms with Gasteiger partial charge in [0.25, 0.3) is 5.69 Å². The highest BCUT2D eigenvalue weighted by atomic mass is 16.6. The summed E-state index contributed by atoms with van der Waals surface area (Å²) < 4.78 is 0. The molecule has 0 aromatic heterocycles. The van der Waals surface area contributed by atoms with Crippen molar-refractivity contribution >= 4 is 11.3 Å². The number of hydrogen-bond donors (Lipinski definition) is 0. The van der Waals surface area contributed by atoms with Crippen molar-refractivity contribution in [3.05, 3.63) is 57.7 Å². The van der Waals surface area contributed by atoms with E-state index in [1.807, 2.05) is 12.1 Å². The van der Waals surface area contributed by atoms with E-state index in [9.17, 15) is 10.1 Å². The summed E-state index contributed by atoms with van der Waals surface area (Å²) in [7, 11) is 0. The minimum atomic E-state index is -0.372. The van der Waals surface area contributed by atoms with Crippen LogP contribution in [0.15, 0.2) is 42.0 Å². The molecule has 1 aromatic rings. The quantitative estimate of drug-likeness (QED) is 0.557. The highest BCUT2D eigenvalue weighted by molar-refractivity contribution is 5.69. The van der Waals surface area contributed by atoms with Gasteiger partial charge in [-0.2, -0.15) is 0 Å². The molecule has 0 saturated carbocycles. The number of hydrogen-bond acceptors (Lipinski definition) is 2. The summed E-state index contributed by atoms with van der Waals surface area (Å²) in [5.74, 6) is 0. The molecule has 0 N–H and O–H groups in total. The van der Waals surface area contributed by atoms with Gasteiger partial charge in [-0.25, -0.2) is 0 Å². The van der Waals surface area contributed by atoms with E-state index in [0.717, 1.165) is 18.4 Å². The Morgan fingerprint density at radius 3 is 2.31 bits per heavy atom. The van der Waals surface area contributed by atoms with Crippen LogP contribution in [-0.4, -0.2) is 4.92 Å². The lowest BCUT2D eigenvalue weighted by Crippen LogP contribution is -1.92. The van der Waals surface area contributed by atoms with Crippen molar-refractivity contribution < 1.29 is 4.92 Å². The van der Waals surface area contributed by atoms with E-state index in [2.05, 4.69) is 19.1 Å². The lowest BCUT2D eigenvalue weighted by Gasteiger charge is -2.11. The summed E-state index contributed by atoms with van der Waals surface area (Å²) in [4.78, 5) is 10.1. The third kappa shape index (κ3) is 2.19. The normalized spacial score (nSPS) is 15.3. The van der Waals surface area contributed by atoms with Crippen molar-refractivity contribution in [2.45, 2.75) is 19.8 Å². The maximum absolute atomic E-state index is 10.5. The summed E-state index contributed by atoms with van der Waals surface area (Å²) >= 11 is 0. The molecule has 1 aliphatic carbocycles. The Kier molecular flexibility index (Phi) is 2.86. The fraction of sp³-hybridized carbons (Fsp3) is 0.231. The van der Waals surface area contributed by atoms with Gasteiger partial charge in [0.15, 0.2) is 0 Å². The summed E-state index contributed by atoms with van der Waals surface area (Å²) in [6.07, 6.45) is 6.29. The zero-order valence-corrected chi connectivity index (χ0v) is 9.14. The topological polar surface area (TPSA) is 43.1 Å². The monoisotopic (exact) mass is 215 g/mol. The van der Waals surface area contributed by atoms with Crippen LogP contribution in [-0.2, 0) is 0 Å². The molecule has 82 valence electrons. The molecule has 0 bridgehead atoms. The first-order valence-electron chi connectivity index (χ1n) is 5.28. The second-order valence-electron chi connectivity index (χ2n) is 4.01. The Labute approximate surface area is 94.3 Å². The van der Waals surface area contributed by atoms with Gasteiger partial charge in [0.1, 0.15) is 0 Å². The standard InChI is InChI=1S/C13H13NO2/c1-10-2-4-11(5-3-10)12-6-8-13(9-7-12)14(15)16/h2,4,6-9H,3,5H2,1H3. The average molecular weight is 215 g/mol. The van der Waals surface area contributed by atoms with Gasteiger partial charge in [-0.3, -0.25) is 10.1 Å². The first kappa shape index (κ1) is 10.6. The van der Waals surface area contributed by atoms with Crippen LogP contribution in [0.25, 0.3) is 5.57 Å². The molecular weight excluding hydrogens is 202 g/mol. The largest absolute Gasteiger partial charge is 0.269 e. The summed E-state index contributed by atoms with van der Waals surface area (Å²) in [5.41, 5.74) is 3.85. The van der Waals surface area contributed by atoms with Gasteiger partial charge in [0.05, 0.1) is 4.92 Å². The molecule has 0 saturated heterocycles. The number of benzene rings is 1. The Morgan fingerprint density at radius 2 is 1.81 bits per heavy atom. The Morgan fingerprint density at radius 1 is 1.12 bits per heavy atom. The minimum absolute atomic E-state index is 0.145. The molecule has 2 rings (SSSR count). The summed E-state index contributed by atoms with van der Waals surface area (Å²) in [6, 6.07) is 6.75. The van der Waals surface area contributed by atoms with Gasteiger partial charge in [-0.1, -0.05) is 17.7 Å². The molecule has 0 aliphatic heterocycles. The van der Waals surface area contributed by atoms with Crippen LogP contribution in [0.4, 0.5) is 5.69 Å². The first-order valence-corrected chi connectivity index (χ1v) is 5.28. The number of nitro groups is 1. The van der Waals surface area contributed by atoms with Crippen LogP contribution >= 0.6 is 0 Å². The molecular formula is C13H13NO2. The van der Waals surface area contributed by atoms with E-state index < -0.39 is 0 Å². The van der Waals surface area contributed by atoms with Gasteiger partial charge in [0.2, 0.25) is 0 Å². The van der Waals surface area contributed by atoms with Gasteiger partial charge in [-0.05, 0) is 43.0 Å². The lowest BCUT2D eigenvalue weighted by molar-refractivity contribution is -0.384. The van der Waals surface area contributed by atoms with Gasteiger partial charge < -0.3 is 0 Å². The van der Waals surface area contributed by atoms with E-state index in [4.69, 9.17) is 0 Å². The zero-order valence-electron chi connectivity index (χ0n) is 9.14. The van der Waals surface area contributed by atoms with Crippen LogP contribution in [0.5, 0.6) is 0 Å². The second kappa shape index (κ2) is 4.31. The van der Waals surface area contributed by atoms with Crippen molar-refractivity contribution in [2.75, 3.05) is 0 Å². The Bertz CT molecular complexity index is 469. The van der Waals surface area contributed by atoms with Crippen LogP contribution in [0, 0.1) is 10.1 Å². The van der Waals surface area contributed by atoms with E-state index in [1.165, 1.54) is 11.1 Å². The Balaban J connectivity index is 2.26. The minimum Gasteiger partial charge on any atom is -0.258 e. The van der Waals surface area contributed by atoms with Crippen molar-refractivity contribution in [2.24, 2.45) is 0 Å².